The zero-order chi connectivity index (χ0) is 12.7. The average Bonchev–Trinajstić information content (AvgIpc) is 2.17. The summed E-state index contributed by atoms with van der Waals surface area (Å²) in [6.45, 7) is 8.97. The third-order valence-corrected chi connectivity index (χ3v) is 2.37. The van der Waals surface area contributed by atoms with Crippen LogP contribution in [0.5, 0.6) is 0 Å². The molecule has 0 aromatic heterocycles. The molecule has 0 fully saturated rings. The van der Waals surface area contributed by atoms with Crippen molar-refractivity contribution >= 4 is 11.8 Å². The fourth-order valence-electron chi connectivity index (χ4n) is 1.52. The lowest BCUT2D eigenvalue weighted by atomic mass is 10.1. The Labute approximate surface area is 97.4 Å². The predicted molar refractivity (Wildman–Crippen MR) is 63.8 cm³/mol. The highest BCUT2D eigenvalue weighted by Gasteiger charge is 2.22. The smallest absolute Gasteiger partial charge is 0.235 e. The molecule has 0 spiro atoms. The number of nitrogens with zero attached hydrogens (tertiary/aromatic N) is 1. The molecule has 16 heavy (non-hydrogen) atoms. The molecule has 2 amide bonds. The number of hydrogen-bond acceptors (Lipinski definition) is 3. The number of amides is 2. The lowest BCUT2D eigenvalue weighted by molar-refractivity contribution is -0.134. The Hall–Kier alpha value is -1.10. The molecule has 0 aliphatic carbocycles. The molecule has 0 aromatic carbocycles. The molecule has 1 atom stereocenters. The number of nitrogens with two attached hydrogens (primary N) is 1. The second-order valence-corrected chi connectivity index (χ2v) is 4.05. The second-order valence-electron chi connectivity index (χ2n) is 4.05. The largest absolute Gasteiger partial charge is 0.368 e. The summed E-state index contributed by atoms with van der Waals surface area (Å²) in [4.78, 5) is 24.6. The minimum Gasteiger partial charge on any atom is -0.368 e. The Bertz CT molecular complexity index is 237. The number of primary amides is 1. The first-order chi connectivity index (χ1) is 7.42. The minimum atomic E-state index is -0.576. The molecule has 5 heteroatoms. The molecular formula is C11H23N3O2. The maximum atomic E-state index is 11.8. The molecule has 0 heterocycles. The summed E-state index contributed by atoms with van der Waals surface area (Å²) in [5, 5.41) is 2.99. The van der Waals surface area contributed by atoms with Crippen LogP contribution in [0.2, 0.25) is 0 Å². The first-order valence-electron chi connectivity index (χ1n) is 5.75. The van der Waals surface area contributed by atoms with Gasteiger partial charge in [-0.3, -0.25) is 9.59 Å². The van der Waals surface area contributed by atoms with Gasteiger partial charge in [0.25, 0.3) is 0 Å². The molecule has 0 aliphatic heterocycles. The maximum absolute atomic E-state index is 11.8. The number of rotatable bonds is 7. The van der Waals surface area contributed by atoms with Crippen LogP contribution in [0, 0.1) is 0 Å². The number of carbonyl (C=O) groups is 2. The van der Waals surface area contributed by atoms with Crippen molar-refractivity contribution in [2.45, 2.75) is 46.2 Å². The first kappa shape index (κ1) is 14.9. The van der Waals surface area contributed by atoms with Crippen LogP contribution < -0.4 is 11.1 Å². The zero-order valence-electron chi connectivity index (χ0n) is 10.6. The van der Waals surface area contributed by atoms with E-state index in [2.05, 4.69) is 5.32 Å². The van der Waals surface area contributed by atoms with Crippen molar-refractivity contribution in [3.05, 3.63) is 0 Å². The van der Waals surface area contributed by atoms with Gasteiger partial charge in [-0.2, -0.15) is 0 Å². The number of carbonyl (C=O) groups excluding carboxylic acids is 2. The minimum absolute atomic E-state index is 0.0399. The summed E-state index contributed by atoms with van der Waals surface area (Å²) in [5.41, 5.74) is 5.24. The van der Waals surface area contributed by atoms with Crippen LogP contribution in [0.1, 0.15) is 34.1 Å². The lowest BCUT2D eigenvalue weighted by Crippen LogP contribution is -2.47. The summed E-state index contributed by atoms with van der Waals surface area (Å²) in [5.74, 6) is -0.517. The van der Waals surface area contributed by atoms with E-state index in [0.717, 1.165) is 0 Å². The van der Waals surface area contributed by atoms with E-state index in [1.54, 1.807) is 4.90 Å². The summed E-state index contributed by atoms with van der Waals surface area (Å²) in [7, 11) is 0. The van der Waals surface area contributed by atoms with Gasteiger partial charge in [0, 0.05) is 19.1 Å². The standard InChI is InChI=1S/C11H23N3O2/c1-5-14(6-2)10(15)7-9(11(12)16)13-8(3)4/h8-9,13H,5-7H2,1-4H3,(H2,12,16). The summed E-state index contributed by atoms with van der Waals surface area (Å²) < 4.78 is 0. The van der Waals surface area contributed by atoms with Crippen LogP contribution >= 0.6 is 0 Å². The third kappa shape index (κ3) is 5.11. The van der Waals surface area contributed by atoms with Gasteiger partial charge in [0.15, 0.2) is 0 Å². The average molecular weight is 229 g/mol. The Balaban J connectivity index is 4.39. The van der Waals surface area contributed by atoms with E-state index in [-0.39, 0.29) is 18.4 Å². The van der Waals surface area contributed by atoms with Crippen LogP contribution in [0.25, 0.3) is 0 Å². The Morgan fingerprint density at radius 2 is 1.75 bits per heavy atom. The van der Waals surface area contributed by atoms with Gasteiger partial charge in [-0.05, 0) is 13.8 Å². The fraction of sp³-hybridized carbons (Fsp3) is 0.818. The first-order valence-corrected chi connectivity index (χ1v) is 5.75. The van der Waals surface area contributed by atoms with Gasteiger partial charge in [0.2, 0.25) is 11.8 Å². The SMILES string of the molecule is CCN(CC)C(=O)CC(NC(C)C)C(N)=O. The Kier molecular flexibility index (Phi) is 6.72. The number of nitrogens with one attached hydrogen (secondary N) is 1. The van der Waals surface area contributed by atoms with E-state index in [0.29, 0.717) is 13.1 Å². The molecule has 0 bridgehead atoms. The number of hydrogen-bond donors (Lipinski definition) is 2. The van der Waals surface area contributed by atoms with E-state index in [1.807, 2.05) is 27.7 Å². The van der Waals surface area contributed by atoms with Crippen LogP contribution in [-0.4, -0.2) is 41.9 Å². The molecule has 3 N–H and O–H groups in total. The molecule has 0 aromatic rings. The van der Waals surface area contributed by atoms with Crippen molar-refractivity contribution in [2.24, 2.45) is 5.73 Å². The molecule has 0 radical (unpaired) electrons. The monoisotopic (exact) mass is 229 g/mol. The highest BCUT2D eigenvalue weighted by Crippen LogP contribution is 2.00. The van der Waals surface area contributed by atoms with Crippen molar-refractivity contribution in [3.63, 3.8) is 0 Å². The quantitative estimate of drug-likeness (QED) is 0.650. The summed E-state index contributed by atoms with van der Waals surface area (Å²) in [6, 6.07) is -0.449. The van der Waals surface area contributed by atoms with Gasteiger partial charge >= 0.3 is 0 Å². The summed E-state index contributed by atoms with van der Waals surface area (Å²) >= 11 is 0. The fourth-order valence-corrected chi connectivity index (χ4v) is 1.52. The molecule has 0 saturated heterocycles. The van der Waals surface area contributed by atoms with Crippen molar-refractivity contribution < 1.29 is 9.59 Å². The van der Waals surface area contributed by atoms with Gasteiger partial charge in [0.1, 0.15) is 0 Å². The lowest BCUT2D eigenvalue weighted by Gasteiger charge is -2.23. The molecule has 5 nitrogen and oxygen atoms in total. The van der Waals surface area contributed by atoms with E-state index >= 15 is 0 Å². The zero-order valence-corrected chi connectivity index (χ0v) is 10.6. The topological polar surface area (TPSA) is 75.4 Å². The highest BCUT2D eigenvalue weighted by molar-refractivity contribution is 5.87. The van der Waals surface area contributed by atoms with Gasteiger partial charge in [0.05, 0.1) is 12.5 Å². The van der Waals surface area contributed by atoms with Crippen LogP contribution in [0.15, 0.2) is 0 Å². The van der Waals surface area contributed by atoms with Gasteiger partial charge in [-0.15, -0.1) is 0 Å². The van der Waals surface area contributed by atoms with Crippen molar-refractivity contribution in [3.8, 4) is 0 Å². The van der Waals surface area contributed by atoms with Crippen molar-refractivity contribution in [1.82, 2.24) is 10.2 Å². The maximum Gasteiger partial charge on any atom is 0.235 e. The molecule has 0 saturated carbocycles. The van der Waals surface area contributed by atoms with E-state index < -0.39 is 11.9 Å². The van der Waals surface area contributed by atoms with Gasteiger partial charge in [-0.1, -0.05) is 13.8 Å². The van der Waals surface area contributed by atoms with Crippen molar-refractivity contribution in [2.75, 3.05) is 13.1 Å². The predicted octanol–water partition coefficient (Wildman–Crippen LogP) is 0.0968. The van der Waals surface area contributed by atoms with E-state index in [4.69, 9.17) is 5.73 Å². The van der Waals surface area contributed by atoms with E-state index in [9.17, 15) is 9.59 Å². The van der Waals surface area contributed by atoms with Gasteiger partial charge in [-0.25, -0.2) is 0 Å². The summed E-state index contributed by atoms with van der Waals surface area (Å²) in [6.07, 6.45) is 0.134. The Morgan fingerprint density at radius 3 is 2.06 bits per heavy atom. The van der Waals surface area contributed by atoms with Crippen LogP contribution in [0.3, 0.4) is 0 Å². The molecule has 1 unspecified atom stereocenters. The normalized spacial score (nSPS) is 12.6. The van der Waals surface area contributed by atoms with Gasteiger partial charge < -0.3 is 16.0 Å². The molecular weight excluding hydrogens is 206 g/mol. The molecule has 94 valence electrons. The molecule has 0 rings (SSSR count). The van der Waals surface area contributed by atoms with Crippen LogP contribution in [0.4, 0.5) is 0 Å². The molecule has 0 aliphatic rings. The third-order valence-electron chi connectivity index (χ3n) is 2.37. The highest BCUT2D eigenvalue weighted by atomic mass is 16.2. The van der Waals surface area contributed by atoms with Crippen molar-refractivity contribution in [1.29, 1.82) is 0 Å². The van der Waals surface area contributed by atoms with Crippen LogP contribution in [-0.2, 0) is 9.59 Å². The second kappa shape index (κ2) is 7.22. The Morgan fingerprint density at radius 1 is 1.25 bits per heavy atom. The van der Waals surface area contributed by atoms with E-state index in [1.165, 1.54) is 0 Å².